The van der Waals surface area contributed by atoms with Gasteiger partial charge in [-0.1, -0.05) is 188 Å². The number of hydrogen-bond donors (Lipinski definition) is 0. The van der Waals surface area contributed by atoms with Crippen LogP contribution in [0.2, 0.25) is 0 Å². The summed E-state index contributed by atoms with van der Waals surface area (Å²) in [5.74, 6) is 0. The van der Waals surface area contributed by atoms with E-state index in [9.17, 15) is 0 Å². The highest BCUT2D eigenvalue weighted by Crippen LogP contribution is 2.50. The normalized spacial score (nSPS) is 12.9. The van der Waals surface area contributed by atoms with Crippen LogP contribution >= 0.6 is 0 Å². The van der Waals surface area contributed by atoms with Crippen LogP contribution in [0.1, 0.15) is 41.7 Å². The first-order valence-corrected chi connectivity index (χ1v) is 21.8. The molecule has 0 bridgehead atoms. The Kier molecular flexibility index (Phi) is 8.95. The Hall–Kier alpha value is -6.22. The third-order valence-electron chi connectivity index (χ3n) is 12.1. The molecule has 1 nitrogen and oxygen atoms in total. The molecule has 8 aromatic carbocycles. The average Bonchev–Trinajstić information content (AvgIpc) is 3.46. The van der Waals surface area contributed by atoms with Gasteiger partial charge in [0.2, 0.25) is 0 Å². The van der Waals surface area contributed by atoms with Gasteiger partial charge >= 0.3 is 0 Å². The Morgan fingerprint density at radius 2 is 0.750 bits per heavy atom. The van der Waals surface area contributed by atoms with Crippen LogP contribution in [0.15, 0.2) is 194 Å². The standard InChI is InChI=1S/C54H47NSi/c1-38-15-28-46(29-16-38)56(47-30-17-39(2)18-31-47,48-32-19-40(3)20-33-48)49-34-25-44(26-35-49)55(43-23-21-42(22-24-43)41-11-7-6-8-12-41)45-27-36-51-50-13-9-10-14-52(50)54(4,5)53(51)37-45/h6-37H,1-5H3. The third-order valence-corrected chi connectivity index (χ3v) is 16.9. The molecular weight excluding hydrogens is 691 g/mol. The molecule has 0 aliphatic heterocycles. The molecule has 0 atom stereocenters. The molecule has 9 rings (SSSR count). The number of fused-ring (bicyclic) bond motifs is 3. The fourth-order valence-corrected chi connectivity index (χ4v) is 13.6. The van der Waals surface area contributed by atoms with Crippen LogP contribution in [0.4, 0.5) is 17.1 Å². The van der Waals surface area contributed by atoms with Crippen molar-refractivity contribution < 1.29 is 0 Å². The van der Waals surface area contributed by atoms with E-state index < -0.39 is 8.07 Å². The SMILES string of the molecule is Cc1ccc([Si](c2ccc(C)cc2)(c2ccc(C)cc2)c2ccc(N(c3ccc(-c4ccccc4)cc3)c3ccc4c(c3)C(C)(C)c3ccccc3-4)cc2)cc1. The second-order valence-corrected chi connectivity index (χ2v) is 19.9. The fraction of sp³-hybridized carbons (Fsp3) is 0.111. The molecule has 0 spiro atoms. The average molecular weight is 738 g/mol. The van der Waals surface area contributed by atoms with Crippen LogP contribution in [0.25, 0.3) is 22.3 Å². The van der Waals surface area contributed by atoms with Crippen molar-refractivity contribution in [3.63, 3.8) is 0 Å². The Bertz CT molecular complexity index is 2530. The van der Waals surface area contributed by atoms with Crippen molar-refractivity contribution in [2.45, 2.75) is 40.0 Å². The second-order valence-electron chi connectivity index (χ2n) is 16.0. The lowest BCUT2D eigenvalue weighted by Gasteiger charge is -2.35. The first-order valence-electron chi connectivity index (χ1n) is 19.8. The fourth-order valence-electron chi connectivity index (χ4n) is 8.98. The molecule has 2 heteroatoms. The van der Waals surface area contributed by atoms with Crippen LogP contribution in [-0.2, 0) is 5.41 Å². The zero-order valence-corrected chi connectivity index (χ0v) is 33.9. The molecule has 0 radical (unpaired) electrons. The molecule has 1 aliphatic rings. The zero-order chi connectivity index (χ0) is 38.4. The van der Waals surface area contributed by atoms with Crippen LogP contribution < -0.4 is 25.6 Å². The Morgan fingerprint density at radius 3 is 1.27 bits per heavy atom. The summed E-state index contributed by atoms with van der Waals surface area (Å²) in [6.07, 6.45) is 0. The van der Waals surface area contributed by atoms with E-state index in [0.717, 1.165) is 17.1 Å². The molecule has 0 saturated carbocycles. The number of hydrogen-bond acceptors (Lipinski definition) is 1. The minimum atomic E-state index is -2.72. The van der Waals surface area contributed by atoms with Crippen molar-refractivity contribution in [1.82, 2.24) is 0 Å². The van der Waals surface area contributed by atoms with Gasteiger partial charge in [-0.3, -0.25) is 0 Å². The highest BCUT2D eigenvalue weighted by molar-refractivity contribution is 7.19. The van der Waals surface area contributed by atoms with Crippen molar-refractivity contribution in [1.29, 1.82) is 0 Å². The van der Waals surface area contributed by atoms with Crippen LogP contribution in [0, 0.1) is 20.8 Å². The molecule has 272 valence electrons. The Labute approximate surface area is 333 Å². The maximum atomic E-state index is 2.44. The van der Waals surface area contributed by atoms with Gasteiger partial charge in [-0.25, -0.2) is 0 Å². The largest absolute Gasteiger partial charge is 0.310 e. The molecule has 0 amide bonds. The number of anilines is 3. The number of rotatable bonds is 8. The van der Waals surface area contributed by atoms with E-state index >= 15 is 0 Å². The number of aryl methyl sites for hydroxylation is 3. The van der Waals surface area contributed by atoms with Crippen LogP contribution in [-0.4, -0.2) is 8.07 Å². The van der Waals surface area contributed by atoms with Crippen molar-refractivity contribution in [2.24, 2.45) is 0 Å². The third kappa shape index (κ3) is 6.02. The minimum absolute atomic E-state index is 0.101. The van der Waals surface area contributed by atoms with Crippen LogP contribution in [0.5, 0.6) is 0 Å². The van der Waals surface area contributed by atoms with E-state index in [1.54, 1.807) is 0 Å². The molecule has 56 heavy (non-hydrogen) atoms. The van der Waals surface area contributed by atoms with E-state index in [1.807, 2.05) is 0 Å². The summed E-state index contributed by atoms with van der Waals surface area (Å²) >= 11 is 0. The molecule has 0 fully saturated rings. The van der Waals surface area contributed by atoms with Gasteiger partial charge in [0.25, 0.3) is 0 Å². The summed E-state index contributed by atoms with van der Waals surface area (Å²) in [5.41, 5.74) is 15.0. The van der Waals surface area contributed by atoms with Gasteiger partial charge in [0.05, 0.1) is 0 Å². The quantitative estimate of drug-likeness (QED) is 0.111. The molecule has 0 heterocycles. The van der Waals surface area contributed by atoms with Gasteiger partial charge in [-0.05, 0) is 111 Å². The lowest BCUT2D eigenvalue weighted by atomic mass is 9.82. The Balaban J connectivity index is 1.23. The van der Waals surface area contributed by atoms with Gasteiger partial charge in [-0.15, -0.1) is 0 Å². The lowest BCUT2D eigenvalue weighted by molar-refractivity contribution is 0.660. The number of nitrogens with zero attached hydrogens (tertiary/aromatic N) is 1. The van der Waals surface area contributed by atoms with Crippen molar-refractivity contribution in [3.8, 4) is 22.3 Å². The van der Waals surface area contributed by atoms with Crippen molar-refractivity contribution in [2.75, 3.05) is 4.90 Å². The maximum Gasteiger partial charge on any atom is 0.179 e. The van der Waals surface area contributed by atoms with E-state index in [2.05, 4.69) is 234 Å². The van der Waals surface area contributed by atoms with Gasteiger partial charge in [0.1, 0.15) is 0 Å². The van der Waals surface area contributed by atoms with Crippen molar-refractivity contribution in [3.05, 3.63) is 222 Å². The molecule has 1 aliphatic carbocycles. The topological polar surface area (TPSA) is 3.24 Å². The Morgan fingerprint density at radius 1 is 0.357 bits per heavy atom. The summed E-state index contributed by atoms with van der Waals surface area (Å²) in [4.78, 5) is 2.44. The monoisotopic (exact) mass is 737 g/mol. The van der Waals surface area contributed by atoms with E-state index in [0.29, 0.717) is 0 Å². The highest BCUT2D eigenvalue weighted by Gasteiger charge is 2.42. The van der Waals surface area contributed by atoms with Gasteiger partial charge in [0, 0.05) is 22.5 Å². The lowest BCUT2D eigenvalue weighted by Crippen LogP contribution is -2.74. The molecule has 8 aromatic rings. The maximum absolute atomic E-state index is 2.72. The molecular formula is C54H47NSi. The zero-order valence-electron chi connectivity index (χ0n) is 32.9. The molecule has 0 aromatic heterocycles. The predicted molar refractivity (Wildman–Crippen MR) is 242 cm³/mol. The first kappa shape index (κ1) is 35.5. The van der Waals surface area contributed by atoms with Gasteiger partial charge in [0.15, 0.2) is 8.07 Å². The second kappa shape index (κ2) is 14.1. The van der Waals surface area contributed by atoms with Gasteiger partial charge in [-0.2, -0.15) is 0 Å². The molecule has 0 saturated heterocycles. The first-order chi connectivity index (χ1) is 27.2. The smallest absolute Gasteiger partial charge is 0.179 e. The van der Waals surface area contributed by atoms with E-state index in [4.69, 9.17) is 0 Å². The van der Waals surface area contributed by atoms with Crippen LogP contribution in [0.3, 0.4) is 0 Å². The summed E-state index contributed by atoms with van der Waals surface area (Å²) < 4.78 is 0. The van der Waals surface area contributed by atoms with Gasteiger partial charge < -0.3 is 4.90 Å². The van der Waals surface area contributed by atoms with E-state index in [-0.39, 0.29) is 5.41 Å². The van der Waals surface area contributed by atoms with Crippen molar-refractivity contribution >= 4 is 45.9 Å². The molecule has 0 unspecified atom stereocenters. The summed E-state index contributed by atoms with van der Waals surface area (Å²) in [5, 5.41) is 5.52. The molecule has 0 N–H and O–H groups in total. The summed E-state index contributed by atoms with van der Waals surface area (Å²) in [6, 6.07) is 73.1. The predicted octanol–water partition coefficient (Wildman–Crippen LogP) is 11.4. The highest BCUT2D eigenvalue weighted by atomic mass is 28.3. The summed E-state index contributed by atoms with van der Waals surface area (Å²) in [6.45, 7) is 11.3. The van der Waals surface area contributed by atoms with E-state index in [1.165, 1.54) is 70.8 Å². The minimum Gasteiger partial charge on any atom is -0.310 e. The number of benzene rings is 8. The summed E-state index contributed by atoms with van der Waals surface area (Å²) in [7, 11) is -2.72.